The first-order valence-electron chi connectivity index (χ1n) is 11.4. The van der Waals surface area contributed by atoms with Crippen LogP contribution in [-0.2, 0) is 11.3 Å². The maximum Gasteiger partial charge on any atom is 0.283 e. The van der Waals surface area contributed by atoms with Crippen LogP contribution in [0.25, 0.3) is 11.3 Å². The molecular formula is C28H26Cl2N4O2. The molecular weight excluding hydrogens is 495 g/mol. The van der Waals surface area contributed by atoms with E-state index in [-0.39, 0.29) is 5.91 Å². The van der Waals surface area contributed by atoms with Gasteiger partial charge in [-0.15, -0.1) is 0 Å². The van der Waals surface area contributed by atoms with Crippen LogP contribution in [-0.4, -0.2) is 27.5 Å². The number of hydrogen-bond donors (Lipinski definition) is 1. The van der Waals surface area contributed by atoms with Crippen molar-refractivity contribution >= 4 is 35.3 Å². The van der Waals surface area contributed by atoms with E-state index in [9.17, 15) is 4.79 Å². The molecule has 0 aliphatic heterocycles. The maximum atomic E-state index is 12.8. The predicted octanol–water partition coefficient (Wildman–Crippen LogP) is 6.52. The maximum absolute atomic E-state index is 12.8. The Morgan fingerprint density at radius 3 is 2.50 bits per heavy atom. The summed E-state index contributed by atoms with van der Waals surface area (Å²) in [5.41, 5.74) is 5.84. The summed E-state index contributed by atoms with van der Waals surface area (Å²) >= 11 is 12.1. The van der Waals surface area contributed by atoms with Crippen molar-refractivity contribution in [3.05, 3.63) is 106 Å². The third-order valence-corrected chi connectivity index (χ3v) is 6.19. The van der Waals surface area contributed by atoms with Crippen LogP contribution in [0.15, 0.2) is 84.1 Å². The van der Waals surface area contributed by atoms with Gasteiger partial charge in [0.15, 0.2) is 5.60 Å². The number of nitrogens with zero attached hydrogens (tertiary/aromatic N) is 3. The van der Waals surface area contributed by atoms with Crippen molar-refractivity contribution in [1.29, 1.82) is 0 Å². The van der Waals surface area contributed by atoms with Crippen molar-refractivity contribution in [2.45, 2.75) is 32.9 Å². The molecule has 0 aliphatic carbocycles. The third-order valence-electron chi connectivity index (χ3n) is 5.51. The Morgan fingerprint density at radius 1 is 1.08 bits per heavy atom. The average Bonchev–Trinajstić information content (AvgIpc) is 3.25. The molecule has 4 rings (SSSR count). The van der Waals surface area contributed by atoms with Gasteiger partial charge in [0.25, 0.3) is 5.91 Å². The standard InChI is InChI=1S/C28H26Cl2N4O2/c1-19-15-24(13-14-25(19)30)36-28(2,3)27(35)32-31-16-22-18-34(17-20-9-11-23(29)12-10-20)33-26(22)21-7-5-4-6-8-21/h4-16,18H,17H2,1-3H3,(H,32,35). The van der Waals surface area contributed by atoms with Gasteiger partial charge in [-0.25, -0.2) is 5.43 Å². The van der Waals surface area contributed by atoms with Crippen LogP contribution in [0.2, 0.25) is 10.0 Å². The van der Waals surface area contributed by atoms with E-state index in [4.69, 9.17) is 33.0 Å². The van der Waals surface area contributed by atoms with Gasteiger partial charge in [-0.2, -0.15) is 10.2 Å². The molecule has 184 valence electrons. The summed E-state index contributed by atoms with van der Waals surface area (Å²) < 4.78 is 7.74. The highest BCUT2D eigenvalue weighted by atomic mass is 35.5. The largest absolute Gasteiger partial charge is 0.478 e. The minimum atomic E-state index is -1.15. The molecule has 1 aromatic heterocycles. The van der Waals surface area contributed by atoms with Crippen molar-refractivity contribution in [2.75, 3.05) is 0 Å². The van der Waals surface area contributed by atoms with Crippen LogP contribution < -0.4 is 10.2 Å². The molecule has 1 N–H and O–H groups in total. The predicted molar refractivity (Wildman–Crippen MR) is 145 cm³/mol. The van der Waals surface area contributed by atoms with E-state index >= 15 is 0 Å². The Bertz CT molecular complexity index is 1380. The number of carbonyl (C=O) groups is 1. The molecule has 1 heterocycles. The van der Waals surface area contributed by atoms with E-state index < -0.39 is 5.60 Å². The van der Waals surface area contributed by atoms with Crippen LogP contribution in [0.3, 0.4) is 0 Å². The lowest BCUT2D eigenvalue weighted by molar-refractivity contribution is -0.134. The van der Waals surface area contributed by atoms with Crippen LogP contribution in [0.1, 0.15) is 30.5 Å². The molecule has 0 atom stereocenters. The van der Waals surface area contributed by atoms with E-state index in [0.29, 0.717) is 22.3 Å². The zero-order chi connectivity index (χ0) is 25.7. The Kier molecular flexibility index (Phi) is 7.77. The van der Waals surface area contributed by atoms with Gasteiger partial charge in [-0.3, -0.25) is 9.48 Å². The zero-order valence-corrected chi connectivity index (χ0v) is 21.7. The molecule has 0 spiro atoms. The molecule has 3 aromatic carbocycles. The second-order valence-electron chi connectivity index (χ2n) is 8.85. The number of halogens is 2. The van der Waals surface area contributed by atoms with Crippen molar-refractivity contribution < 1.29 is 9.53 Å². The number of benzene rings is 3. The molecule has 0 saturated carbocycles. The number of rotatable bonds is 8. The third kappa shape index (κ3) is 6.33. The normalized spacial score (nSPS) is 11.6. The number of carbonyl (C=O) groups excluding carboxylic acids is 1. The lowest BCUT2D eigenvalue weighted by Gasteiger charge is -2.24. The molecule has 0 radical (unpaired) electrons. The minimum Gasteiger partial charge on any atom is -0.478 e. The number of hydrogen-bond acceptors (Lipinski definition) is 4. The molecule has 1 amide bonds. The van der Waals surface area contributed by atoms with E-state index in [1.54, 1.807) is 38.3 Å². The van der Waals surface area contributed by atoms with Crippen LogP contribution >= 0.6 is 23.2 Å². The van der Waals surface area contributed by atoms with E-state index in [1.807, 2.05) is 72.4 Å². The van der Waals surface area contributed by atoms with Gasteiger partial charge in [0.05, 0.1) is 12.8 Å². The van der Waals surface area contributed by atoms with Gasteiger partial charge in [0, 0.05) is 27.4 Å². The topological polar surface area (TPSA) is 68.5 Å². The SMILES string of the molecule is Cc1cc(OC(C)(C)C(=O)NN=Cc2cn(Cc3ccc(Cl)cc3)nc2-c2ccccc2)ccc1Cl. The summed E-state index contributed by atoms with van der Waals surface area (Å²) in [4.78, 5) is 12.8. The van der Waals surface area contributed by atoms with Gasteiger partial charge in [-0.05, 0) is 62.2 Å². The first-order chi connectivity index (χ1) is 17.2. The fraction of sp³-hybridized carbons (Fsp3) is 0.179. The fourth-order valence-corrected chi connectivity index (χ4v) is 3.77. The van der Waals surface area contributed by atoms with Crippen LogP contribution in [0.5, 0.6) is 5.75 Å². The Morgan fingerprint density at radius 2 is 1.81 bits per heavy atom. The fourth-order valence-electron chi connectivity index (χ4n) is 3.53. The number of hydrazone groups is 1. The molecule has 0 aliphatic rings. The summed E-state index contributed by atoms with van der Waals surface area (Å²) in [6, 6.07) is 22.7. The summed E-state index contributed by atoms with van der Waals surface area (Å²) in [7, 11) is 0. The monoisotopic (exact) mass is 520 g/mol. The smallest absolute Gasteiger partial charge is 0.283 e. The Labute approximate surface area is 220 Å². The van der Waals surface area contributed by atoms with Crippen molar-refractivity contribution in [3.8, 4) is 17.0 Å². The van der Waals surface area contributed by atoms with Gasteiger partial charge >= 0.3 is 0 Å². The summed E-state index contributed by atoms with van der Waals surface area (Å²) in [5.74, 6) is 0.164. The first kappa shape index (κ1) is 25.5. The lowest BCUT2D eigenvalue weighted by Crippen LogP contribution is -2.44. The van der Waals surface area contributed by atoms with E-state index in [2.05, 4.69) is 10.5 Å². The highest BCUT2D eigenvalue weighted by Gasteiger charge is 2.30. The summed E-state index contributed by atoms with van der Waals surface area (Å²) in [5, 5.41) is 10.3. The molecule has 8 heteroatoms. The van der Waals surface area contributed by atoms with E-state index in [0.717, 1.165) is 27.9 Å². The Hall–Kier alpha value is -3.61. The summed E-state index contributed by atoms with van der Waals surface area (Å²) in [6.45, 7) is 5.81. The lowest BCUT2D eigenvalue weighted by atomic mass is 10.1. The molecule has 4 aromatic rings. The number of aromatic nitrogens is 2. The molecule has 0 bridgehead atoms. The minimum absolute atomic E-state index is 0.388. The van der Waals surface area contributed by atoms with Crippen molar-refractivity contribution in [1.82, 2.24) is 15.2 Å². The summed E-state index contributed by atoms with van der Waals surface area (Å²) in [6.07, 6.45) is 3.48. The highest BCUT2D eigenvalue weighted by molar-refractivity contribution is 6.31. The molecule has 0 saturated heterocycles. The average molecular weight is 521 g/mol. The number of ether oxygens (including phenoxy) is 1. The van der Waals surface area contributed by atoms with E-state index in [1.165, 1.54) is 0 Å². The molecule has 6 nitrogen and oxygen atoms in total. The second-order valence-corrected chi connectivity index (χ2v) is 9.69. The molecule has 36 heavy (non-hydrogen) atoms. The van der Waals surface area contributed by atoms with Crippen LogP contribution in [0, 0.1) is 6.92 Å². The Balaban J connectivity index is 1.51. The van der Waals surface area contributed by atoms with Crippen molar-refractivity contribution in [3.63, 3.8) is 0 Å². The van der Waals surface area contributed by atoms with Gasteiger partial charge in [0.1, 0.15) is 11.4 Å². The highest BCUT2D eigenvalue weighted by Crippen LogP contribution is 2.25. The van der Waals surface area contributed by atoms with Gasteiger partial charge in [0.2, 0.25) is 0 Å². The molecule has 0 unspecified atom stereocenters. The zero-order valence-electron chi connectivity index (χ0n) is 20.2. The number of nitrogens with one attached hydrogen (secondary N) is 1. The van der Waals surface area contributed by atoms with Gasteiger partial charge in [-0.1, -0.05) is 65.7 Å². The quantitative estimate of drug-likeness (QED) is 0.212. The first-order valence-corrected chi connectivity index (χ1v) is 12.1. The number of aryl methyl sites for hydroxylation is 1. The molecule has 0 fully saturated rings. The van der Waals surface area contributed by atoms with Crippen molar-refractivity contribution in [2.24, 2.45) is 5.10 Å². The second kappa shape index (κ2) is 11.0. The number of amides is 1. The van der Waals surface area contributed by atoms with Gasteiger partial charge < -0.3 is 4.74 Å². The van der Waals surface area contributed by atoms with Crippen LogP contribution in [0.4, 0.5) is 0 Å².